The Balaban J connectivity index is 1.92. The molecule has 3 rings (SSSR count). The molecular formula is C23H26N4O5. The van der Waals surface area contributed by atoms with Gasteiger partial charge in [-0.05, 0) is 18.6 Å². The number of methoxy groups -OCH3 is 3. The summed E-state index contributed by atoms with van der Waals surface area (Å²) in [4.78, 5) is 25.6. The van der Waals surface area contributed by atoms with Crippen molar-refractivity contribution in [2.24, 2.45) is 5.10 Å². The second kappa shape index (κ2) is 10.4. The zero-order valence-corrected chi connectivity index (χ0v) is 18.5. The van der Waals surface area contributed by atoms with Gasteiger partial charge in [0, 0.05) is 23.6 Å². The van der Waals surface area contributed by atoms with E-state index in [0.717, 1.165) is 12.8 Å². The van der Waals surface area contributed by atoms with Crippen LogP contribution in [-0.4, -0.2) is 43.2 Å². The number of ether oxygens (including phenoxy) is 3. The van der Waals surface area contributed by atoms with E-state index >= 15 is 0 Å². The molecule has 32 heavy (non-hydrogen) atoms. The lowest BCUT2D eigenvalue weighted by molar-refractivity contribution is 0.0949. The molecule has 9 nitrogen and oxygen atoms in total. The van der Waals surface area contributed by atoms with Gasteiger partial charge in [0.2, 0.25) is 0 Å². The lowest BCUT2D eigenvalue weighted by atomic mass is 10.1. The maximum absolute atomic E-state index is 12.9. The van der Waals surface area contributed by atoms with E-state index in [-0.39, 0.29) is 11.3 Å². The molecule has 2 aromatic carbocycles. The molecule has 0 saturated carbocycles. The number of benzene rings is 2. The highest BCUT2D eigenvalue weighted by Crippen LogP contribution is 2.33. The second-order valence-corrected chi connectivity index (χ2v) is 6.92. The first kappa shape index (κ1) is 22.8. The monoisotopic (exact) mass is 438 g/mol. The number of hydrogen-bond donors (Lipinski definition) is 1. The predicted octanol–water partition coefficient (Wildman–Crippen LogP) is 2.99. The standard InChI is InChI=1S/C23H26N4O5/c1-5-6-11-27-23(29)17-10-8-7-9-16(17)21(26-27)22(28)25-24-14-15-12-19(31-3)20(32-4)13-18(15)30-2/h7-10,12-14H,5-6,11H2,1-4H3,(H,25,28)/b24-14+. The van der Waals surface area contributed by atoms with Gasteiger partial charge in [-0.2, -0.15) is 10.2 Å². The maximum atomic E-state index is 12.9. The van der Waals surface area contributed by atoms with Crippen LogP contribution in [-0.2, 0) is 6.54 Å². The van der Waals surface area contributed by atoms with Crippen molar-refractivity contribution in [3.8, 4) is 17.2 Å². The third kappa shape index (κ3) is 4.72. The van der Waals surface area contributed by atoms with Gasteiger partial charge in [0.05, 0.1) is 32.9 Å². The van der Waals surface area contributed by atoms with Crippen molar-refractivity contribution >= 4 is 22.9 Å². The van der Waals surface area contributed by atoms with Gasteiger partial charge in [0.25, 0.3) is 11.5 Å². The molecule has 1 amide bonds. The topological polar surface area (TPSA) is 104 Å². The number of aryl methyl sites for hydroxylation is 1. The van der Waals surface area contributed by atoms with Crippen LogP contribution < -0.4 is 25.2 Å². The zero-order chi connectivity index (χ0) is 23.1. The van der Waals surface area contributed by atoms with E-state index in [1.807, 2.05) is 6.92 Å². The zero-order valence-electron chi connectivity index (χ0n) is 18.5. The molecule has 1 N–H and O–H groups in total. The van der Waals surface area contributed by atoms with Gasteiger partial charge in [-0.15, -0.1) is 0 Å². The molecule has 1 aromatic heterocycles. The van der Waals surface area contributed by atoms with Crippen LogP contribution in [0.2, 0.25) is 0 Å². The summed E-state index contributed by atoms with van der Waals surface area (Å²) in [5.41, 5.74) is 2.98. The first-order valence-electron chi connectivity index (χ1n) is 10.2. The molecular weight excluding hydrogens is 412 g/mol. The van der Waals surface area contributed by atoms with Crippen molar-refractivity contribution in [1.82, 2.24) is 15.2 Å². The minimum Gasteiger partial charge on any atom is -0.496 e. The minimum absolute atomic E-state index is 0.132. The Morgan fingerprint density at radius 3 is 2.38 bits per heavy atom. The lowest BCUT2D eigenvalue weighted by Crippen LogP contribution is -2.29. The van der Waals surface area contributed by atoms with Gasteiger partial charge in [-0.25, -0.2) is 10.1 Å². The van der Waals surface area contributed by atoms with Crippen molar-refractivity contribution in [2.75, 3.05) is 21.3 Å². The lowest BCUT2D eigenvalue weighted by Gasteiger charge is -2.12. The van der Waals surface area contributed by atoms with Crippen LogP contribution in [0.15, 0.2) is 46.3 Å². The minimum atomic E-state index is -0.526. The van der Waals surface area contributed by atoms with Crippen molar-refractivity contribution in [3.05, 3.63) is 58.0 Å². The molecule has 0 fully saturated rings. The molecule has 0 spiro atoms. The fraction of sp³-hybridized carbons (Fsp3) is 0.304. The number of hydrazone groups is 1. The van der Waals surface area contributed by atoms with Crippen LogP contribution in [0, 0.1) is 0 Å². The molecule has 0 aliphatic carbocycles. The van der Waals surface area contributed by atoms with Gasteiger partial charge in [-0.1, -0.05) is 31.5 Å². The highest BCUT2D eigenvalue weighted by molar-refractivity contribution is 6.05. The third-order valence-corrected chi connectivity index (χ3v) is 4.91. The number of rotatable bonds is 9. The number of aromatic nitrogens is 2. The third-order valence-electron chi connectivity index (χ3n) is 4.91. The number of hydrogen-bond acceptors (Lipinski definition) is 7. The average Bonchev–Trinajstić information content (AvgIpc) is 2.83. The highest BCUT2D eigenvalue weighted by Gasteiger charge is 2.16. The smallest absolute Gasteiger partial charge is 0.292 e. The van der Waals surface area contributed by atoms with E-state index in [2.05, 4.69) is 15.6 Å². The summed E-state index contributed by atoms with van der Waals surface area (Å²) in [6.45, 7) is 2.46. The second-order valence-electron chi connectivity index (χ2n) is 6.92. The maximum Gasteiger partial charge on any atom is 0.292 e. The molecule has 0 bridgehead atoms. The number of carbonyl (C=O) groups is 1. The Bertz CT molecular complexity index is 1200. The predicted molar refractivity (Wildman–Crippen MR) is 122 cm³/mol. The van der Waals surface area contributed by atoms with Gasteiger partial charge in [0.1, 0.15) is 5.75 Å². The quantitative estimate of drug-likeness (QED) is 0.407. The van der Waals surface area contributed by atoms with Crippen LogP contribution in [0.4, 0.5) is 0 Å². The highest BCUT2D eigenvalue weighted by atomic mass is 16.5. The fourth-order valence-corrected chi connectivity index (χ4v) is 3.23. The van der Waals surface area contributed by atoms with Crippen molar-refractivity contribution in [3.63, 3.8) is 0 Å². The largest absolute Gasteiger partial charge is 0.496 e. The summed E-state index contributed by atoms with van der Waals surface area (Å²) in [7, 11) is 4.58. The number of amides is 1. The van der Waals surface area contributed by atoms with E-state index in [4.69, 9.17) is 14.2 Å². The Morgan fingerprint density at radius 1 is 1.06 bits per heavy atom. The van der Waals surface area contributed by atoms with Crippen molar-refractivity contribution in [2.45, 2.75) is 26.3 Å². The Morgan fingerprint density at radius 2 is 1.72 bits per heavy atom. The fourth-order valence-electron chi connectivity index (χ4n) is 3.23. The molecule has 0 unspecified atom stereocenters. The number of fused-ring (bicyclic) bond motifs is 1. The van der Waals surface area contributed by atoms with Crippen molar-refractivity contribution in [1.29, 1.82) is 0 Å². The molecule has 9 heteroatoms. The molecule has 0 aliphatic heterocycles. The van der Waals surface area contributed by atoms with Gasteiger partial charge < -0.3 is 14.2 Å². The van der Waals surface area contributed by atoms with Gasteiger partial charge >= 0.3 is 0 Å². The van der Waals surface area contributed by atoms with Crippen molar-refractivity contribution < 1.29 is 19.0 Å². The van der Waals surface area contributed by atoms with E-state index in [0.29, 0.717) is 40.1 Å². The van der Waals surface area contributed by atoms with Crippen LogP contribution in [0.1, 0.15) is 35.8 Å². The molecule has 0 atom stereocenters. The Kier molecular flexibility index (Phi) is 7.43. The summed E-state index contributed by atoms with van der Waals surface area (Å²) in [6, 6.07) is 10.3. The SMILES string of the molecule is CCCCn1nc(C(=O)N/N=C/c2cc(OC)c(OC)cc2OC)c2ccccc2c1=O. The molecule has 1 heterocycles. The summed E-state index contributed by atoms with van der Waals surface area (Å²) in [5, 5.41) is 9.27. The van der Waals surface area contributed by atoms with Crippen LogP contribution in [0.25, 0.3) is 10.8 Å². The molecule has 0 aliphatic rings. The summed E-state index contributed by atoms with van der Waals surface area (Å²) < 4.78 is 17.3. The van der Waals surface area contributed by atoms with E-state index < -0.39 is 5.91 Å². The number of carbonyl (C=O) groups excluding carboxylic acids is 1. The Labute approximate surface area is 185 Å². The molecule has 3 aromatic rings. The van der Waals surface area contributed by atoms with Crippen LogP contribution in [0.5, 0.6) is 17.2 Å². The number of nitrogens with one attached hydrogen (secondary N) is 1. The van der Waals surface area contributed by atoms with E-state index in [9.17, 15) is 9.59 Å². The summed E-state index contributed by atoms with van der Waals surface area (Å²) in [6.07, 6.45) is 3.12. The van der Waals surface area contributed by atoms with Crippen LogP contribution in [0.3, 0.4) is 0 Å². The molecule has 0 saturated heterocycles. The Hall–Kier alpha value is -3.88. The molecule has 168 valence electrons. The van der Waals surface area contributed by atoms with Gasteiger partial charge in [0.15, 0.2) is 17.2 Å². The van der Waals surface area contributed by atoms with E-state index in [1.165, 1.54) is 32.2 Å². The summed E-state index contributed by atoms with van der Waals surface area (Å²) in [5.74, 6) is 0.978. The normalized spacial score (nSPS) is 11.0. The van der Waals surface area contributed by atoms with E-state index in [1.54, 1.807) is 36.4 Å². The summed E-state index contributed by atoms with van der Waals surface area (Å²) >= 11 is 0. The number of unbranched alkanes of at least 4 members (excludes halogenated alkanes) is 1. The van der Waals surface area contributed by atoms with Crippen LogP contribution >= 0.6 is 0 Å². The van der Waals surface area contributed by atoms with Gasteiger partial charge in [-0.3, -0.25) is 9.59 Å². The average molecular weight is 438 g/mol. The first-order valence-corrected chi connectivity index (χ1v) is 10.2. The molecule has 0 radical (unpaired) electrons. The number of nitrogens with zero attached hydrogens (tertiary/aromatic N) is 3. The first-order chi connectivity index (χ1) is 15.5.